The van der Waals surface area contributed by atoms with Crippen LogP contribution in [-0.4, -0.2) is 39.5 Å². The van der Waals surface area contributed by atoms with Gasteiger partial charge in [-0.2, -0.15) is 0 Å². The smallest absolute Gasteiger partial charge is 0.409 e. The summed E-state index contributed by atoms with van der Waals surface area (Å²) < 4.78 is 5.25. The first kappa shape index (κ1) is 12.5. The third kappa shape index (κ3) is 5.68. The average Bonchev–Trinajstić information content (AvgIpc) is 1.96. The maximum absolute atomic E-state index is 11.5. The Labute approximate surface area is 83.9 Å². The topological polar surface area (TPSA) is 29.5 Å². The van der Waals surface area contributed by atoms with E-state index in [1.807, 2.05) is 20.8 Å². The summed E-state index contributed by atoms with van der Waals surface area (Å²) in [5.74, 6) is 0. The van der Waals surface area contributed by atoms with Gasteiger partial charge in [-0.3, -0.25) is 0 Å². The number of rotatable bonds is 3. The number of amides is 1. The van der Waals surface area contributed by atoms with Crippen LogP contribution < -0.4 is 0 Å². The van der Waals surface area contributed by atoms with E-state index in [1.165, 1.54) is 0 Å². The molecule has 0 aliphatic heterocycles. The quantitative estimate of drug-likeness (QED) is 0.639. The van der Waals surface area contributed by atoms with E-state index in [4.69, 9.17) is 4.74 Å². The molecule has 0 saturated carbocycles. The van der Waals surface area contributed by atoms with Crippen molar-refractivity contribution in [1.82, 2.24) is 4.90 Å². The van der Waals surface area contributed by atoms with E-state index in [0.717, 1.165) is 29.4 Å². The van der Waals surface area contributed by atoms with Crippen molar-refractivity contribution in [1.29, 1.82) is 0 Å². The van der Waals surface area contributed by atoms with Gasteiger partial charge in [-0.25, -0.2) is 4.79 Å². The number of hydrogen-bond donors (Lipinski definition) is 0. The highest BCUT2D eigenvalue weighted by atomic mass is 28.1. The van der Waals surface area contributed by atoms with E-state index in [9.17, 15) is 4.79 Å². The van der Waals surface area contributed by atoms with Crippen molar-refractivity contribution in [3.05, 3.63) is 0 Å². The van der Waals surface area contributed by atoms with Gasteiger partial charge >= 0.3 is 6.09 Å². The van der Waals surface area contributed by atoms with Crippen LogP contribution in [0.2, 0.25) is 0 Å². The predicted molar refractivity (Wildman–Crippen MR) is 58.0 cm³/mol. The Kier molecular flexibility index (Phi) is 5.06. The van der Waals surface area contributed by atoms with E-state index in [1.54, 1.807) is 4.90 Å². The molecule has 0 bridgehead atoms. The molecule has 0 aromatic carbocycles. The summed E-state index contributed by atoms with van der Waals surface area (Å²) in [6.07, 6.45) is 1.66. The predicted octanol–water partition coefficient (Wildman–Crippen LogP) is 0.956. The van der Waals surface area contributed by atoms with E-state index < -0.39 is 0 Å². The summed E-state index contributed by atoms with van der Waals surface area (Å²) in [6, 6.07) is 0. The molecule has 0 N–H and O–H groups in total. The molecule has 0 heterocycles. The standard InChI is InChI=1S/C9H21NO2Si/c1-5-6-10(7-13)8(11)12-9(2,3)4/h5-7H2,1-4,13H3. The van der Waals surface area contributed by atoms with Crippen LogP contribution in [0.3, 0.4) is 0 Å². The van der Waals surface area contributed by atoms with Crippen LogP contribution in [0.15, 0.2) is 0 Å². The molecule has 0 aliphatic rings. The maximum atomic E-state index is 11.5. The van der Waals surface area contributed by atoms with E-state index >= 15 is 0 Å². The van der Waals surface area contributed by atoms with E-state index in [-0.39, 0.29) is 11.7 Å². The van der Waals surface area contributed by atoms with Crippen molar-refractivity contribution in [3.8, 4) is 0 Å². The first-order valence-electron chi connectivity index (χ1n) is 4.88. The molecule has 0 unspecified atom stereocenters. The second kappa shape index (κ2) is 5.27. The van der Waals surface area contributed by atoms with E-state index in [2.05, 4.69) is 6.92 Å². The van der Waals surface area contributed by atoms with Gasteiger partial charge in [0.2, 0.25) is 0 Å². The van der Waals surface area contributed by atoms with Gasteiger partial charge in [-0.05, 0) is 27.2 Å². The molecule has 0 aromatic heterocycles. The number of ether oxygens (including phenoxy) is 1. The fourth-order valence-corrected chi connectivity index (χ4v) is 1.55. The molecule has 78 valence electrons. The second-order valence-electron chi connectivity index (χ2n) is 4.06. The summed E-state index contributed by atoms with van der Waals surface area (Å²) >= 11 is 0. The Hall–Kier alpha value is -0.513. The molecule has 1 amide bonds. The van der Waals surface area contributed by atoms with Gasteiger partial charge < -0.3 is 9.64 Å². The van der Waals surface area contributed by atoms with Crippen LogP contribution in [0, 0.1) is 0 Å². The lowest BCUT2D eigenvalue weighted by Gasteiger charge is -2.26. The molecular formula is C9H21NO2Si. The van der Waals surface area contributed by atoms with Crippen LogP contribution in [-0.2, 0) is 4.74 Å². The largest absolute Gasteiger partial charge is 0.444 e. The minimum Gasteiger partial charge on any atom is -0.444 e. The Balaban J connectivity index is 4.06. The van der Waals surface area contributed by atoms with Crippen LogP contribution >= 0.6 is 0 Å². The minimum absolute atomic E-state index is 0.177. The monoisotopic (exact) mass is 203 g/mol. The number of nitrogens with zero attached hydrogens (tertiary/aromatic N) is 1. The molecule has 4 heteroatoms. The minimum atomic E-state index is -0.375. The van der Waals surface area contributed by atoms with Crippen molar-refractivity contribution in [2.24, 2.45) is 0 Å². The first-order valence-corrected chi connectivity index (χ1v) is 6.30. The van der Waals surface area contributed by atoms with Crippen LogP contribution in [0.4, 0.5) is 4.79 Å². The molecule has 0 fully saturated rings. The van der Waals surface area contributed by atoms with Gasteiger partial charge in [0.25, 0.3) is 0 Å². The Morgan fingerprint density at radius 3 is 2.31 bits per heavy atom. The van der Waals surface area contributed by atoms with Gasteiger partial charge in [0, 0.05) is 23.0 Å². The number of hydrogen-bond acceptors (Lipinski definition) is 2. The lowest BCUT2D eigenvalue weighted by atomic mass is 10.2. The molecular weight excluding hydrogens is 182 g/mol. The zero-order valence-corrected chi connectivity index (χ0v) is 11.4. The summed E-state index contributed by atoms with van der Waals surface area (Å²) in [4.78, 5) is 13.3. The summed E-state index contributed by atoms with van der Waals surface area (Å²) in [5, 5.41) is 0. The van der Waals surface area contributed by atoms with Crippen molar-refractivity contribution in [2.45, 2.75) is 39.7 Å². The Morgan fingerprint density at radius 1 is 1.46 bits per heavy atom. The van der Waals surface area contributed by atoms with Gasteiger partial charge in [0.15, 0.2) is 0 Å². The maximum Gasteiger partial charge on any atom is 0.409 e. The van der Waals surface area contributed by atoms with Crippen molar-refractivity contribution < 1.29 is 9.53 Å². The van der Waals surface area contributed by atoms with Crippen LogP contribution in [0.25, 0.3) is 0 Å². The van der Waals surface area contributed by atoms with Crippen molar-refractivity contribution >= 4 is 16.3 Å². The Morgan fingerprint density at radius 2 is 2.00 bits per heavy atom. The normalized spacial score (nSPS) is 11.4. The zero-order valence-electron chi connectivity index (χ0n) is 9.39. The molecule has 0 aliphatic carbocycles. The highest BCUT2D eigenvalue weighted by molar-refractivity contribution is 6.09. The van der Waals surface area contributed by atoms with Crippen molar-refractivity contribution in [3.63, 3.8) is 0 Å². The molecule has 0 radical (unpaired) electrons. The summed E-state index contributed by atoms with van der Waals surface area (Å²) in [5.41, 5.74) is -0.375. The summed E-state index contributed by atoms with van der Waals surface area (Å²) in [7, 11) is 1.00. The Bertz CT molecular complexity index is 165. The summed E-state index contributed by atoms with van der Waals surface area (Å²) in [6.45, 7) is 8.54. The highest BCUT2D eigenvalue weighted by Gasteiger charge is 2.19. The average molecular weight is 203 g/mol. The fraction of sp³-hybridized carbons (Fsp3) is 0.889. The lowest BCUT2D eigenvalue weighted by molar-refractivity contribution is 0.0284. The van der Waals surface area contributed by atoms with Crippen LogP contribution in [0.1, 0.15) is 34.1 Å². The number of carbonyl (C=O) groups is 1. The SMILES string of the molecule is CCCN(C[SiH3])C(=O)OC(C)(C)C. The van der Waals surface area contributed by atoms with Gasteiger partial charge in [-0.1, -0.05) is 6.92 Å². The highest BCUT2D eigenvalue weighted by Crippen LogP contribution is 2.09. The number of carbonyl (C=O) groups excluding carboxylic acids is 1. The lowest BCUT2D eigenvalue weighted by Crippen LogP contribution is -2.38. The van der Waals surface area contributed by atoms with Crippen molar-refractivity contribution in [2.75, 3.05) is 12.7 Å². The molecule has 13 heavy (non-hydrogen) atoms. The van der Waals surface area contributed by atoms with E-state index in [0.29, 0.717) is 0 Å². The second-order valence-corrected chi connectivity index (χ2v) is 4.69. The molecule has 0 saturated heterocycles. The first-order chi connectivity index (χ1) is 5.90. The third-order valence-corrected chi connectivity index (χ3v) is 2.29. The zero-order chi connectivity index (χ0) is 10.5. The molecule has 3 nitrogen and oxygen atoms in total. The van der Waals surface area contributed by atoms with Gasteiger partial charge in [-0.15, -0.1) is 0 Å². The van der Waals surface area contributed by atoms with Gasteiger partial charge in [0.1, 0.15) is 5.60 Å². The molecule has 0 atom stereocenters. The van der Waals surface area contributed by atoms with Crippen LogP contribution in [0.5, 0.6) is 0 Å². The fourth-order valence-electron chi connectivity index (χ4n) is 0.975. The molecule has 0 spiro atoms. The molecule has 0 aromatic rings. The molecule has 0 rings (SSSR count). The third-order valence-electron chi connectivity index (χ3n) is 1.53. The van der Waals surface area contributed by atoms with Gasteiger partial charge in [0.05, 0.1) is 0 Å².